The van der Waals surface area contributed by atoms with Gasteiger partial charge in [0.05, 0.1) is 11.7 Å². The molecule has 2 aromatic rings. The molecule has 1 atom stereocenters. The van der Waals surface area contributed by atoms with Gasteiger partial charge in [0.1, 0.15) is 10.8 Å². The zero-order valence-corrected chi connectivity index (χ0v) is 15.9. The van der Waals surface area contributed by atoms with Gasteiger partial charge in [-0.15, -0.1) is 11.3 Å². The lowest BCUT2D eigenvalue weighted by Crippen LogP contribution is -2.18. The summed E-state index contributed by atoms with van der Waals surface area (Å²) in [5.41, 5.74) is 1.65. The standard InChI is InChI=1S/C20H22FNO3S/c1-11(2)25-20(24)17-15-8-7-12(3)9-16(15)26-19(17)22-18(23)13-5-4-6-14(21)10-13/h4-6,10-12H,7-9H2,1-3H3,(H,22,23)/t12-/m1/s1. The first-order valence-corrected chi connectivity index (χ1v) is 9.59. The summed E-state index contributed by atoms with van der Waals surface area (Å²) in [6.07, 6.45) is 2.44. The molecule has 1 aliphatic carbocycles. The number of fused-ring (bicyclic) bond motifs is 1. The lowest BCUT2D eigenvalue weighted by Gasteiger charge is -2.18. The van der Waals surface area contributed by atoms with Crippen molar-refractivity contribution in [3.63, 3.8) is 0 Å². The number of hydrogen-bond donors (Lipinski definition) is 1. The number of anilines is 1. The maximum absolute atomic E-state index is 13.4. The van der Waals surface area contributed by atoms with Crippen molar-refractivity contribution in [2.75, 3.05) is 5.32 Å². The third kappa shape index (κ3) is 3.96. The van der Waals surface area contributed by atoms with Crippen molar-refractivity contribution in [3.8, 4) is 0 Å². The van der Waals surface area contributed by atoms with Gasteiger partial charge in [0.2, 0.25) is 0 Å². The molecule has 0 saturated carbocycles. The molecule has 0 fully saturated rings. The fourth-order valence-electron chi connectivity index (χ4n) is 3.13. The minimum Gasteiger partial charge on any atom is -0.459 e. The number of amides is 1. The molecular weight excluding hydrogens is 353 g/mol. The number of esters is 1. The summed E-state index contributed by atoms with van der Waals surface area (Å²) in [4.78, 5) is 26.3. The number of benzene rings is 1. The van der Waals surface area contributed by atoms with Gasteiger partial charge in [0.15, 0.2) is 0 Å². The van der Waals surface area contributed by atoms with Crippen LogP contribution < -0.4 is 5.32 Å². The van der Waals surface area contributed by atoms with Crippen LogP contribution in [0.4, 0.5) is 9.39 Å². The van der Waals surface area contributed by atoms with Crippen LogP contribution >= 0.6 is 11.3 Å². The van der Waals surface area contributed by atoms with Crippen LogP contribution in [-0.4, -0.2) is 18.0 Å². The summed E-state index contributed by atoms with van der Waals surface area (Å²) < 4.78 is 18.8. The zero-order valence-electron chi connectivity index (χ0n) is 15.1. The van der Waals surface area contributed by atoms with Crippen LogP contribution in [0.2, 0.25) is 0 Å². The quantitative estimate of drug-likeness (QED) is 0.779. The highest BCUT2D eigenvalue weighted by Crippen LogP contribution is 2.40. The Morgan fingerprint density at radius 1 is 1.35 bits per heavy atom. The molecule has 1 amide bonds. The first-order valence-electron chi connectivity index (χ1n) is 8.77. The minimum atomic E-state index is -0.476. The molecule has 0 aliphatic heterocycles. The van der Waals surface area contributed by atoms with Crippen molar-refractivity contribution in [2.45, 2.75) is 46.1 Å². The van der Waals surface area contributed by atoms with E-state index in [-0.39, 0.29) is 11.7 Å². The van der Waals surface area contributed by atoms with Gasteiger partial charge in [0.25, 0.3) is 5.91 Å². The highest BCUT2D eigenvalue weighted by molar-refractivity contribution is 7.17. The van der Waals surface area contributed by atoms with Gasteiger partial charge in [0, 0.05) is 10.4 Å². The fraction of sp³-hybridized carbons (Fsp3) is 0.400. The van der Waals surface area contributed by atoms with Gasteiger partial charge in [-0.2, -0.15) is 0 Å². The fourth-order valence-corrected chi connectivity index (χ4v) is 4.53. The van der Waals surface area contributed by atoms with Crippen LogP contribution in [0.1, 0.15) is 58.3 Å². The summed E-state index contributed by atoms with van der Waals surface area (Å²) in [7, 11) is 0. The second kappa shape index (κ2) is 7.58. The second-order valence-corrected chi connectivity index (χ2v) is 8.08. The van der Waals surface area contributed by atoms with Gasteiger partial charge >= 0.3 is 5.97 Å². The molecule has 1 heterocycles. The Labute approximate surface area is 156 Å². The molecule has 0 spiro atoms. The van der Waals surface area contributed by atoms with E-state index >= 15 is 0 Å². The molecular formula is C20H22FNO3S. The van der Waals surface area contributed by atoms with E-state index in [2.05, 4.69) is 12.2 Å². The zero-order chi connectivity index (χ0) is 18.8. The SMILES string of the molecule is CC(C)OC(=O)c1c(NC(=O)c2cccc(F)c2)sc2c1CC[C@@H](C)C2. The van der Waals surface area contributed by atoms with E-state index in [1.54, 1.807) is 19.9 Å². The third-order valence-corrected chi connectivity index (χ3v) is 5.54. The number of halogens is 1. The third-order valence-electron chi connectivity index (χ3n) is 4.37. The van der Waals surface area contributed by atoms with Gasteiger partial charge in [-0.1, -0.05) is 13.0 Å². The largest absolute Gasteiger partial charge is 0.459 e. The number of carbonyl (C=O) groups excluding carboxylic acids is 2. The molecule has 0 unspecified atom stereocenters. The van der Waals surface area contributed by atoms with Crippen LogP contribution in [0.3, 0.4) is 0 Å². The van der Waals surface area contributed by atoms with Gasteiger partial charge < -0.3 is 10.1 Å². The first kappa shape index (κ1) is 18.6. The molecule has 138 valence electrons. The highest BCUT2D eigenvalue weighted by atomic mass is 32.1. The number of thiophene rings is 1. The first-order chi connectivity index (χ1) is 12.3. The molecule has 26 heavy (non-hydrogen) atoms. The Hall–Kier alpha value is -2.21. The van der Waals surface area contributed by atoms with Gasteiger partial charge in [-0.3, -0.25) is 4.79 Å². The van der Waals surface area contributed by atoms with Crippen molar-refractivity contribution in [3.05, 3.63) is 51.7 Å². The van der Waals surface area contributed by atoms with Crippen molar-refractivity contribution in [2.24, 2.45) is 5.92 Å². The Kier molecular flexibility index (Phi) is 5.41. The molecule has 1 aromatic carbocycles. The summed E-state index contributed by atoms with van der Waals surface area (Å²) >= 11 is 1.42. The van der Waals surface area contributed by atoms with E-state index in [1.165, 1.54) is 29.5 Å². The molecule has 3 rings (SSSR count). The van der Waals surface area contributed by atoms with Crippen LogP contribution in [-0.2, 0) is 17.6 Å². The number of ether oxygens (including phenoxy) is 1. The van der Waals surface area contributed by atoms with Crippen LogP contribution in [0.15, 0.2) is 24.3 Å². The van der Waals surface area contributed by atoms with Crippen LogP contribution in [0, 0.1) is 11.7 Å². The maximum atomic E-state index is 13.4. The topological polar surface area (TPSA) is 55.4 Å². The minimum absolute atomic E-state index is 0.216. The van der Waals surface area contributed by atoms with E-state index in [0.29, 0.717) is 16.5 Å². The van der Waals surface area contributed by atoms with Gasteiger partial charge in [-0.25, -0.2) is 9.18 Å². The van der Waals surface area contributed by atoms with E-state index in [0.717, 1.165) is 29.7 Å². The lowest BCUT2D eigenvalue weighted by atomic mass is 9.88. The predicted molar refractivity (Wildman–Crippen MR) is 100 cm³/mol. The molecule has 0 radical (unpaired) electrons. The Morgan fingerprint density at radius 2 is 2.12 bits per heavy atom. The monoisotopic (exact) mass is 375 g/mol. The molecule has 0 bridgehead atoms. The summed E-state index contributed by atoms with van der Waals surface area (Å²) in [5.74, 6) is -0.783. The van der Waals surface area contributed by atoms with Crippen molar-refractivity contribution in [1.29, 1.82) is 0 Å². The van der Waals surface area contributed by atoms with E-state index < -0.39 is 17.7 Å². The number of rotatable bonds is 4. The van der Waals surface area contributed by atoms with Crippen molar-refractivity contribution >= 4 is 28.2 Å². The number of nitrogens with one attached hydrogen (secondary N) is 1. The molecule has 6 heteroatoms. The normalized spacial score (nSPS) is 16.3. The molecule has 0 saturated heterocycles. The second-order valence-electron chi connectivity index (χ2n) is 6.97. The maximum Gasteiger partial charge on any atom is 0.341 e. The van der Waals surface area contributed by atoms with E-state index in [9.17, 15) is 14.0 Å². The van der Waals surface area contributed by atoms with Crippen LogP contribution in [0.25, 0.3) is 0 Å². The van der Waals surface area contributed by atoms with Crippen molar-refractivity contribution < 1.29 is 18.7 Å². The molecule has 4 nitrogen and oxygen atoms in total. The average Bonchev–Trinajstić information content (AvgIpc) is 2.91. The highest BCUT2D eigenvalue weighted by Gasteiger charge is 2.29. The van der Waals surface area contributed by atoms with Gasteiger partial charge in [-0.05, 0) is 62.8 Å². The lowest BCUT2D eigenvalue weighted by molar-refractivity contribution is 0.0378. The van der Waals surface area contributed by atoms with E-state index in [4.69, 9.17) is 4.74 Å². The molecule has 1 aromatic heterocycles. The Morgan fingerprint density at radius 3 is 2.81 bits per heavy atom. The Bertz CT molecular complexity index is 844. The van der Waals surface area contributed by atoms with Crippen molar-refractivity contribution in [1.82, 2.24) is 0 Å². The number of carbonyl (C=O) groups is 2. The molecule has 1 aliphatic rings. The predicted octanol–water partition coefficient (Wildman–Crippen LogP) is 4.83. The summed E-state index contributed by atoms with van der Waals surface area (Å²) in [6, 6.07) is 5.49. The summed E-state index contributed by atoms with van der Waals surface area (Å²) in [5, 5.41) is 3.28. The summed E-state index contributed by atoms with van der Waals surface area (Å²) in [6.45, 7) is 5.77. The van der Waals surface area contributed by atoms with E-state index in [1.807, 2.05) is 0 Å². The smallest absolute Gasteiger partial charge is 0.341 e. The number of hydrogen-bond acceptors (Lipinski definition) is 4. The molecule has 1 N–H and O–H groups in total. The van der Waals surface area contributed by atoms with Crippen LogP contribution in [0.5, 0.6) is 0 Å². The Balaban J connectivity index is 1.95. The average molecular weight is 375 g/mol.